The van der Waals surface area contributed by atoms with E-state index in [0.717, 1.165) is 41.5 Å². The summed E-state index contributed by atoms with van der Waals surface area (Å²) < 4.78 is 0. The molecule has 0 radical (unpaired) electrons. The van der Waals surface area contributed by atoms with Crippen molar-refractivity contribution in [1.29, 1.82) is 0 Å². The average Bonchev–Trinajstić information content (AvgIpc) is 3.30. The molecule has 0 aliphatic carbocycles. The molecule has 1 fully saturated rings. The van der Waals surface area contributed by atoms with Gasteiger partial charge in [0.1, 0.15) is 0 Å². The number of rotatable bonds is 8. The van der Waals surface area contributed by atoms with E-state index < -0.39 is 0 Å². The molecule has 2 aromatic rings. The second-order valence-electron chi connectivity index (χ2n) is 6.80. The number of aromatic nitrogens is 1. The summed E-state index contributed by atoms with van der Waals surface area (Å²) in [7, 11) is 0. The van der Waals surface area contributed by atoms with E-state index in [4.69, 9.17) is 0 Å². The van der Waals surface area contributed by atoms with Crippen molar-refractivity contribution in [2.75, 3.05) is 23.3 Å². The Labute approximate surface area is 159 Å². The van der Waals surface area contributed by atoms with Crippen LogP contribution in [0.1, 0.15) is 42.5 Å². The molecule has 2 N–H and O–H groups in total. The Hall–Kier alpha value is -1.92. The van der Waals surface area contributed by atoms with E-state index in [2.05, 4.69) is 39.6 Å². The SMILES string of the molecule is CCCC(NCc1cnc(C)s1)C(=O)Nc1cccc(N2CCCC2)c1. The number of hydrogen-bond donors (Lipinski definition) is 2. The molecule has 1 amide bonds. The number of thiazole rings is 1. The van der Waals surface area contributed by atoms with Crippen LogP contribution in [-0.2, 0) is 11.3 Å². The van der Waals surface area contributed by atoms with E-state index in [1.807, 2.05) is 25.3 Å². The maximum absolute atomic E-state index is 12.8. The lowest BCUT2D eigenvalue weighted by Crippen LogP contribution is -2.40. The Morgan fingerprint density at radius 2 is 2.15 bits per heavy atom. The normalized spacial score (nSPS) is 15.2. The standard InChI is InChI=1S/C20H28N4OS/c1-3-7-19(22-14-18-13-21-15(2)26-18)20(25)23-16-8-6-9-17(12-16)24-10-4-5-11-24/h6,8-9,12-13,19,22H,3-5,7,10-11,14H2,1-2H3,(H,23,25). The zero-order valence-corrected chi connectivity index (χ0v) is 16.4. The first-order valence-corrected chi connectivity index (χ1v) is 10.3. The number of amides is 1. The molecule has 0 spiro atoms. The van der Waals surface area contributed by atoms with Gasteiger partial charge in [0, 0.05) is 42.1 Å². The lowest BCUT2D eigenvalue weighted by Gasteiger charge is -2.20. The zero-order valence-electron chi connectivity index (χ0n) is 15.6. The molecule has 1 saturated heterocycles. The molecule has 1 aromatic heterocycles. The van der Waals surface area contributed by atoms with Crippen LogP contribution in [0.2, 0.25) is 0 Å². The third-order valence-electron chi connectivity index (χ3n) is 4.67. The van der Waals surface area contributed by atoms with Gasteiger partial charge >= 0.3 is 0 Å². The van der Waals surface area contributed by atoms with Crippen LogP contribution in [0, 0.1) is 6.92 Å². The minimum atomic E-state index is -0.196. The molecule has 26 heavy (non-hydrogen) atoms. The van der Waals surface area contributed by atoms with E-state index in [-0.39, 0.29) is 11.9 Å². The monoisotopic (exact) mass is 372 g/mol. The smallest absolute Gasteiger partial charge is 0.241 e. The van der Waals surface area contributed by atoms with Gasteiger partial charge in [-0.2, -0.15) is 0 Å². The van der Waals surface area contributed by atoms with Crippen LogP contribution in [0.25, 0.3) is 0 Å². The zero-order chi connectivity index (χ0) is 18.4. The third kappa shape index (κ3) is 5.05. The maximum Gasteiger partial charge on any atom is 0.241 e. The molecule has 1 atom stereocenters. The molecule has 0 bridgehead atoms. The van der Waals surface area contributed by atoms with Crippen LogP contribution >= 0.6 is 11.3 Å². The number of carbonyl (C=O) groups is 1. The number of carbonyl (C=O) groups excluding carboxylic acids is 1. The van der Waals surface area contributed by atoms with E-state index in [1.165, 1.54) is 18.5 Å². The van der Waals surface area contributed by atoms with Crippen molar-refractivity contribution in [2.45, 2.75) is 52.1 Å². The summed E-state index contributed by atoms with van der Waals surface area (Å²) in [6.45, 7) is 6.99. The van der Waals surface area contributed by atoms with E-state index in [0.29, 0.717) is 6.54 Å². The number of benzene rings is 1. The van der Waals surface area contributed by atoms with Gasteiger partial charge in [-0.3, -0.25) is 4.79 Å². The summed E-state index contributed by atoms with van der Waals surface area (Å²) in [5.41, 5.74) is 2.07. The van der Waals surface area contributed by atoms with Gasteiger partial charge in [0.25, 0.3) is 0 Å². The molecule has 1 aromatic carbocycles. The van der Waals surface area contributed by atoms with Gasteiger partial charge in [-0.25, -0.2) is 4.98 Å². The topological polar surface area (TPSA) is 57.3 Å². The first kappa shape index (κ1) is 18.9. The largest absolute Gasteiger partial charge is 0.371 e. The van der Waals surface area contributed by atoms with Gasteiger partial charge in [0.15, 0.2) is 0 Å². The lowest BCUT2D eigenvalue weighted by atomic mass is 10.1. The molecule has 140 valence electrons. The highest BCUT2D eigenvalue weighted by molar-refractivity contribution is 7.11. The van der Waals surface area contributed by atoms with Crippen LogP contribution in [0.5, 0.6) is 0 Å². The van der Waals surface area contributed by atoms with Gasteiger partial charge in [0.05, 0.1) is 11.0 Å². The van der Waals surface area contributed by atoms with Crippen molar-refractivity contribution in [2.24, 2.45) is 0 Å². The number of nitrogens with one attached hydrogen (secondary N) is 2. The highest BCUT2D eigenvalue weighted by Crippen LogP contribution is 2.23. The van der Waals surface area contributed by atoms with Gasteiger partial charge < -0.3 is 15.5 Å². The number of nitrogens with zero attached hydrogens (tertiary/aromatic N) is 2. The molecule has 6 heteroatoms. The quantitative estimate of drug-likeness (QED) is 0.737. The van der Waals surface area contributed by atoms with Gasteiger partial charge in [-0.1, -0.05) is 19.4 Å². The van der Waals surface area contributed by atoms with Crippen molar-refractivity contribution in [3.8, 4) is 0 Å². The van der Waals surface area contributed by atoms with Crippen molar-refractivity contribution in [3.05, 3.63) is 40.3 Å². The Balaban J connectivity index is 1.60. The van der Waals surface area contributed by atoms with Gasteiger partial charge in [0.2, 0.25) is 5.91 Å². The summed E-state index contributed by atoms with van der Waals surface area (Å²) in [5.74, 6) is 0.0339. The van der Waals surface area contributed by atoms with Crippen LogP contribution in [-0.4, -0.2) is 30.0 Å². The lowest BCUT2D eigenvalue weighted by molar-refractivity contribution is -0.118. The summed E-state index contributed by atoms with van der Waals surface area (Å²) in [6.07, 6.45) is 6.15. The predicted molar refractivity (Wildman–Crippen MR) is 109 cm³/mol. The first-order valence-electron chi connectivity index (χ1n) is 9.46. The van der Waals surface area contributed by atoms with Crippen LogP contribution < -0.4 is 15.5 Å². The fraction of sp³-hybridized carbons (Fsp3) is 0.500. The molecule has 1 aliphatic rings. The Morgan fingerprint density at radius 1 is 1.35 bits per heavy atom. The summed E-state index contributed by atoms with van der Waals surface area (Å²) in [5, 5.41) is 7.53. The minimum absolute atomic E-state index is 0.0339. The van der Waals surface area contributed by atoms with Crippen LogP contribution in [0.3, 0.4) is 0 Å². The molecular formula is C20H28N4OS. The van der Waals surface area contributed by atoms with Crippen LogP contribution in [0.4, 0.5) is 11.4 Å². The van der Waals surface area contributed by atoms with Crippen LogP contribution in [0.15, 0.2) is 30.5 Å². The molecule has 1 aliphatic heterocycles. The highest BCUT2D eigenvalue weighted by atomic mass is 32.1. The first-order chi connectivity index (χ1) is 12.7. The number of aryl methyl sites for hydroxylation is 1. The van der Waals surface area contributed by atoms with Gasteiger partial charge in [-0.05, 0) is 44.4 Å². The molecule has 2 heterocycles. The number of hydrogen-bond acceptors (Lipinski definition) is 5. The Kier molecular flexibility index (Phi) is 6.63. The minimum Gasteiger partial charge on any atom is -0.371 e. The maximum atomic E-state index is 12.8. The molecule has 1 unspecified atom stereocenters. The molecular weight excluding hydrogens is 344 g/mol. The molecule has 5 nitrogen and oxygen atoms in total. The summed E-state index contributed by atoms with van der Waals surface area (Å²) in [4.78, 5) is 20.6. The van der Waals surface area contributed by atoms with E-state index in [9.17, 15) is 4.79 Å². The van der Waals surface area contributed by atoms with Gasteiger partial charge in [-0.15, -0.1) is 11.3 Å². The second-order valence-corrected chi connectivity index (χ2v) is 8.12. The average molecular weight is 373 g/mol. The van der Waals surface area contributed by atoms with E-state index >= 15 is 0 Å². The number of anilines is 2. The van der Waals surface area contributed by atoms with Crippen molar-refractivity contribution in [3.63, 3.8) is 0 Å². The second kappa shape index (κ2) is 9.14. The third-order valence-corrected chi connectivity index (χ3v) is 5.58. The molecule has 0 saturated carbocycles. The summed E-state index contributed by atoms with van der Waals surface area (Å²) in [6, 6.07) is 7.99. The van der Waals surface area contributed by atoms with Crippen molar-refractivity contribution >= 4 is 28.6 Å². The fourth-order valence-corrected chi connectivity index (χ4v) is 4.06. The Morgan fingerprint density at radius 3 is 2.85 bits per heavy atom. The van der Waals surface area contributed by atoms with Crippen molar-refractivity contribution < 1.29 is 4.79 Å². The fourth-order valence-electron chi connectivity index (χ4n) is 3.31. The molecule has 3 rings (SSSR count). The summed E-state index contributed by atoms with van der Waals surface area (Å²) >= 11 is 1.67. The Bertz CT molecular complexity index is 724. The van der Waals surface area contributed by atoms with E-state index in [1.54, 1.807) is 11.3 Å². The van der Waals surface area contributed by atoms with Crippen molar-refractivity contribution in [1.82, 2.24) is 10.3 Å². The highest BCUT2D eigenvalue weighted by Gasteiger charge is 2.18. The predicted octanol–water partition coefficient (Wildman–Crippen LogP) is 3.95.